The van der Waals surface area contributed by atoms with Crippen LogP contribution in [0.25, 0.3) is 10.6 Å². The van der Waals surface area contributed by atoms with E-state index in [0.717, 1.165) is 59.3 Å². The van der Waals surface area contributed by atoms with Crippen molar-refractivity contribution < 1.29 is 19.3 Å². The zero-order chi connectivity index (χ0) is 20.3. The van der Waals surface area contributed by atoms with Gasteiger partial charge in [0.15, 0.2) is 11.5 Å². The highest BCUT2D eigenvalue weighted by molar-refractivity contribution is 7.13. The summed E-state index contributed by atoms with van der Waals surface area (Å²) in [6, 6.07) is 13.4. The molecule has 6 nitrogen and oxygen atoms in total. The molecule has 3 heterocycles. The second-order valence-corrected chi connectivity index (χ2v) is 8.50. The molecule has 1 N–H and O–H groups in total. The van der Waals surface area contributed by atoms with Gasteiger partial charge >= 0.3 is 0 Å². The lowest BCUT2D eigenvalue weighted by Crippen LogP contribution is -2.31. The molecule has 0 aliphatic carbocycles. The standard InChI is InChI=1S/C23H24N2O4S/c26-20-6-2-1-4-17(20)11-25(13-19-5-3-9-27-19)12-18-14-30-23(24-18)16-7-8-21-22(10-16)29-15-28-21/h1-2,4,6-8,10,14,19,26H,3,5,9,11-13,15H2. The number of aromatic hydroxyl groups is 1. The van der Waals surface area contributed by atoms with Crippen molar-refractivity contribution in [2.75, 3.05) is 19.9 Å². The minimum absolute atomic E-state index is 0.239. The highest BCUT2D eigenvalue weighted by atomic mass is 32.1. The Morgan fingerprint density at radius 3 is 2.87 bits per heavy atom. The number of ether oxygens (including phenoxy) is 3. The molecular formula is C23H24N2O4S. The molecule has 0 saturated carbocycles. The van der Waals surface area contributed by atoms with Crippen molar-refractivity contribution in [2.45, 2.75) is 32.0 Å². The fourth-order valence-corrected chi connectivity index (χ4v) is 4.73. The molecule has 2 aliphatic rings. The molecule has 2 aromatic carbocycles. The molecule has 1 unspecified atom stereocenters. The first-order valence-electron chi connectivity index (χ1n) is 10.2. The zero-order valence-electron chi connectivity index (χ0n) is 16.6. The molecule has 3 aromatic rings. The van der Waals surface area contributed by atoms with Crippen LogP contribution in [0.2, 0.25) is 0 Å². The van der Waals surface area contributed by atoms with E-state index in [1.165, 1.54) is 0 Å². The Kier molecular flexibility index (Phi) is 5.57. The lowest BCUT2D eigenvalue weighted by molar-refractivity contribution is 0.0673. The van der Waals surface area contributed by atoms with Gasteiger partial charge in [-0.3, -0.25) is 4.90 Å². The van der Waals surface area contributed by atoms with E-state index in [-0.39, 0.29) is 12.9 Å². The number of phenols is 1. The molecular weight excluding hydrogens is 400 g/mol. The fraction of sp³-hybridized carbons (Fsp3) is 0.348. The minimum Gasteiger partial charge on any atom is -0.508 e. The number of para-hydroxylation sites is 1. The van der Waals surface area contributed by atoms with Crippen molar-refractivity contribution in [1.29, 1.82) is 0 Å². The van der Waals surface area contributed by atoms with Gasteiger partial charge in [-0.1, -0.05) is 18.2 Å². The van der Waals surface area contributed by atoms with Crippen LogP contribution in [0.15, 0.2) is 47.8 Å². The van der Waals surface area contributed by atoms with Gasteiger partial charge < -0.3 is 19.3 Å². The van der Waals surface area contributed by atoms with Crippen molar-refractivity contribution in [3.8, 4) is 27.8 Å². The van der Waals surface area contributed by atoms with E-state index in [9.17, 15) is 5.11 Å². The molecule has 30 heavy (non-hydrogen) atoms. The van der Waals surface area contributed by atoms with Crippen LogP contribution in [-0.2, 0) is 17.8 Å². The Bertz CT molecular complexity index is 1020. The van der Waals surface area contributed by atoms with Crippen LogP contribution < -0.4 is 9.47 Å². The quantitative estimate of drug-likeness (QED) is 0.606. The fourth-order valence-electron chi connectivity index (χ4n) is 3.92. The van der Waals surface area contributed by atoms with Gasteiger partial charge in [-0.05, 0) is 37.1 Å². The number of hydrogen-bond acceptors (Lipinski definition) is 7. The molecule has 156 valence electrons. The summed E-state index contributed by atoms with van der Waals surface area (Å²) in [4.78, 5) is 7.17. The van der Waals surface area contributed by atoms with E-state index < -0.39 is 0 Å². The number of thiazole rings is 1. The Morgan fingerprint density at radius 2 is 2.00 bits per heavy atom. The van der Waals surface area contributed by atoms with Gasteiger partial charge in [0.25, 0.3) is 0 Å². The summed E-state index contributed by atoms with van der Waals surface area (Å²) in [6.07, 6.45) is 2.43. The molecule has 0 amide bonds. The highest BCUT2D eigenvalue weighted by Crippen LogP contribution is 2.36. The molecule has 2 aliphatic heterocycles. The molecule has 1 aromatic heterocycles. The van der Waals surface area contributed by atoms with Crippen molar-refractivity contribution in [3.63, 3.8) is 0 Å². The first kappa shape index (κ1) is 19.4. The van der Waals surface area contributed by atoms with Crippen molar-refractivity contribution in [2.24, 2.45) is 0 Å². The number of phenolic OH excluding ortho intramolecular Hbond substituents is 1. The zero-order valence-corrected chi connectivity index (χ0v) is 17.4. The Hall–Kier alpha value is -2.61. The van der Waals surface area contributed by atoms with Gasteiger partial charge in [0.05, 0.1) is 11.8 Å². The van der Waals surface area contributed by atoms with Crippen LogP contribution >= 0.6 is 11.3 Å². The topological polar surface area (TPSA) is 64.1 Å². The second-order valence-electron chi connectivity index (χ2n) is 7.65. The third-order valence-electron chi connectivity index (χ3n) is 5.43. The van der Waals surface area contributed by atoms with Crippen LogP contribution in [-0.4, -0.2) is 41.0 Å². The Labute approximate surface area is 179 Å². The van der Waals surface area contributed by atoms with Crippen molar-refractivity contribution in [1.82, 2.24) is 9.88 Å². The van der Waals surface area contributed by atoms with Gasteiger partial charge in [-0.25, -0.2) is 4.98 Å². The van der Waals surface area contributed by atoms with E-state index in [0.29, 0.717) is 18.8 Å². The number of fused-ring (bicyclic) bond motifs is 1. The maximum atomic E-state index is 10.2. The summed E-state index contributed by atoms with van der Waals surface area (Å²) in [7, 11) is 0. The molecule has 0 radical (unpaired) electrons. The van der Waals surface area contributed by atoms with E-state index in [1.807, 2.05) is 36.4 Å². The number of benzene rings is 2. The maximum absolute atomic E-state index is 10.2. The normalized spacial score (nSPS) is 17.7. The summed E-state index contributed by atoms with van der Waals surface area (Å²) >= 11 is 1.63. The number of aromatic nitrogens is 1. The molecule has 1 atom stereocenters. The van der Waals surface area contributed by atoms with E-state index in [2.05, 4.69) is 10.3 Å². The van der Waals surface area contributed by atoms with Gasteiger partial charge in [-0.15, -0.1) is 11.3 Å². The number of nitrogens with zero attached hydrogens (tertiary/aromatic N) is 2. The van der Waals surface area contributed by atoms with Crippen molar-refractivity contribution >= 4 is 11.3 Å². The number of hydrogen-bond donors (Lipinski definition) is 1. The third-order valence-corrected chi connectivity index (χ3v) is 6.37. The lowest BCUT2D eigenvalue weighted by Gasteiger charge is -2.25. The molecule has 1 saturated heterocycles. The largest absolute Gasteiger partial charge is 0.508 e. The first-order valence-corrected chi connectivity index (χ1v) is 11.1. The van der Waals surface area contributed by atoms with E-state index in [1.54, 1.807) is 17.4 Å². The summed E-state index contributed by atoms with van der Waals surface area (Å²) in [6.45, 7) is 3.29. The maximum Gasteiger partial charge on any atom is 0.231 e. The lowest BCUT2D eigenvalue weighted by atomic mass is 10.1. The van der Waals surface area contributed by atoms with Gasteiger partial charge in [-0.2, -0.15) is 0 Å². The van der Waals surface area contributed by atoms with Gasteiger partial charge in [0.2, 0.25) is 6.79 Å². The first-order chi connectivity index (χ1) is 14.7. The Morgan fingerprint density at radius 1 is 1.10 bits per heavy atom. The average molecular weight is 425 g/mol. The molecule has 0 bridgehead atoms. The Balaban J connectivity index is 1.33. The summed E-state index contributed by atoms with van der Waals surface area (Å²) in [5.41, 5.74) is 2.96. The van der Waals surface area contributed by atoms with Crippen molar-refractivity contribution in [3.05, 3.63) is 59.1 Å². The predicted octanol–water partition coefficient (Wildman–Crippen LogP) is 4.43. The van der Waals surface area contributed by atoms with Crippen LogP contribution in [0, 0.1) is 0 Å². The molecule has 1 fully saturated rings. The monoisotopic (exact) mass is 424 g/mol. The van der Waals surface area contributed by atoms with Gasteiger partial charge in [0, 0.05) is 42.7 Å². The predicted molar refractivity (Wildman–Crippen MR) is 115 cm³/mol. The van der Waals surface area contributed by atoms with E-state index in [4.69, 9.17) is 19.2 Å². The SMILES string of the molecule is Oc1ccccc1CN(Cc1csc(-c2ccc3c(c2)OCO3)n1)CC1CCCO1. The molecule has 0 spiro atoms. The van der Waals surface area contributed by atoms with Crippen LogP contribution in [0.4, 0.5) is 0 Å². The highest BCUT2D eigenvalue weighted by Gasteiger charge is 2.21. The van der Waals surface area contributed by atoms with E-state index >= 15 is 0 Å². The average Bonchev–Trinajstić information content (AvgIpc) is 3.51. The summed E-state index contributed by atoms with van der Waals surface area (Å²) in [5, 5.41) is 13.3. The number of rotatable bonds is 7. The molecule has 5 rings (SSSR count). The second kappa shape index (κ2) is 8.63. The van der Waals surface area contributed by atoms with Gasteiger partial charge in [0.1, 0.15) is 10.8 Å². The third kappa shape index (κ3) is 4.28. The summed E-state index contributed by atoms with van der Waals surface area (Å²) in [5.74, 6) is 1.87. The molecule has 7 heteroatoms. The summed E-state index contributed by atoms with van der Waals surface area (Å²) < 4.78 is 16.7. The minimum atomic E-state index is 0.239. The van der Waals surface area contributed by atoms with Crippen LogP contribution in [0.3, 0.4) is 0 Å². The van der Waals surface area contributed by atoms with Crippen LogP contribution in [0.5, 0.6) is 17.2 Å². The van der Waals surface area contributed by atoms with Crippen LogP contribution in [0.1, 0.15) is 24.1 Å². The smallest absolute Gasteiger partial charge is 0.231 e.